The molecule has 0 heterocycles. The van der Waals surface area contributed by atoms with Crippen LogP contribution in [-0.4, -0.2) is 44.3 Å². The molecule has 1 atom stereocenters. The average molecular weight is 605 g/mol. The summed E-state index contributed by atoms with van der Waals surface area (Å²) in [7, 11) is -4.23. The summed E-state index contributed by atoms with van der Waals surface area (Å²) >= 11 is 12.7. The summed E-state index contributed by atoms with van der Waals surface area (Å²) in [4.78, 5) is 28.9. The number of aryl methyl sites for hydroxylation is 1. The van der Waals surface area contributed by atoms with Gasteiger partial charge in [-0.25, -0.2) is 8.42 Å². The van der Waals surface area contributed by atoms with Gasteiger partial charge in [0.05, 0.1) is 20.6 Å². The van der Waals surface area contributed by atoms with Crippen LogP contribution >= 0.6 is 23.2 Å². The van der Waals surface area contributed by atoms with E-state index in [2.05, 4.69) is 5.32 Å². The lowest BCUT2D eigenvalue weighted by Gasteiger charge is -2.34. The van der Waals surface area contributed by atoms with E-state index < -0.39 is 28.5 Å². The van der Waals surface area contributed by atoms with Gasteiger partial charge >= 0.3 is 0 Å². The predicted octanol–water partition coefficient (Wildman–Crippen LogP) is 6.08. The number of halogens is 2. The molecule has 0 bridgehead atoms. The zero-order chi connectivity index (χ0) is 29.4. The van der Waals surface area contributed by atoms with Gasteiger partial charge in [0.1, 0.15) is 12.6 Å². The van der Waals surface area contributed by atoms with Gasteiger partial charge in [0.25, 0.3) is 10.0 Å². The maximum atomic E-state index is 14.1. The second kappa shape index (κ2) is 14.0. The van der Waals surface area contributed by atoms with Crippen LogP contribution in [0.15, 0.2) is 77.7 Å². The number of carbonyl (C=O) groups excluding carboxylic acids is 2. The van der Waals surface area contributed by atoms with Crippen molar-refractivity contribution in [3.05, 3.63) is 94.0 Å². The first-order chi connectivity index (χ1) is 19.0. The predicted molar refractivity (Wildman–Crippen MR) is 161 cm³/mol. The molecule has 214 valence electrons. The summed E-state index contributed by atoms with van der Waals surface area (Å²) in [6, 6.07) is 19.2. The maximum Gasteiger partial charge on any atom is 0.264 e. The highest BCUT2D eigenvalue weighted by molar-refractivity contribution is 7.92. The molecule has 3 aromatic carbocycles. The zero-order valence-electron chi connectivity index (χ0n) is 23.1. The smallest absolute Gasteiger partial charge is 0.264 e. The highest BCUT2D eigenvalue weighted by Crippen LogP contribution is 2.35. The molecule has 3 rings (SSSR count). The Bertz CT molecular complexity index is 1430. The Morgan fingerprint density at radius 3 is 2.20 bits per heavy atom. The van der Waals surface area contributed by atoms with Crippen LogP contribution in [0.3, 0.4) is 0 Å². The van der Waals surface area contributed by atoms with Gasteiger partial charge in [-0.05, 0) is 54.7 Å². The normalized spacial score (nSPS) is 12.2. The number of benzene rings is 3. The lowest BCUT2D eigenvalue weighted by Crippen LogP contribution is -2.52. The largest absolute Gasteiger partial charge is 0.354 e. The standard InChI is InChI=1S/C30H35Cl2N3O4S/c1-5-26(30(37)33-18-21(2)3)34(19-23-13-10-9-12-22(23)4)28(36)20-35(27-17-11-16-25(31)29(27)32)40(38,39)24-14-7-6-8-15-24/h6-17,21,26H,5,18-20H2,1-4H3,(H,33,37)/t26-/m1/s1. The molecule has 0 aromatic heterocycles. The number of rotatable bonds is 12. The molecule has 0 fully saturated rings. The van der Waals surface area contributed by atoms with E-state index >= 15 is 0 Å². The maximum absolute atomic E-state index is 14.1. The first-order valence-electron chi connectivity index (χ1n) is 13.1. The molecule has 0 aliphatic rings. The molecular formula is C30H35Cl2N3O4S. The van der Waals surface area contributed by atoms with Crippen LogP contribution in [0, 0.1) is 12.8 Å². The minimum absolute atomic E-state index is 0.00337. The lowest BCUT2D eigenvalue weighted by atomic mass is 10.1. The molecule has 0 unspecified atom stereocenters. The van der Waals surface area contributed by atoms with Crippen molar-refractivity contribution >= 4 is 50.7 Å². The summed E-state index contributed by atoms with van der Waals surface area (Å²) in [5.41, 5.74) is 1.87. The minimum atomic E-state index is -4.23. The molecule has 0 aliphatic carbocycles. The summed E-state index contributed by atoms with van der Waals surface area (Å²) in [5, 5.41) is 3.08. The van der Waals surface area contributed by atoms with E-state index in [0.29, 0.717) is 13.0 Å². The molecule has 7 nitrogen and oxygen atoms in total. The van der Waals surface area contributed by atoms with E-state index in [-0.39, 0.29) is 39.0 Å². The molecule has 0 saturated heterocycles. The Labute approximate surface area is 247 Å². The van der Waals surface area contributed by atoms with Crippen molar-refractivity contribution < 1.29 is 18.0 Å². The molecule has 0 saturated carbocycles. The number of nitrogens with one attached hydrogen (secondary N) is 1. The van der Waals surface area contributed by atoms with E-state index in [9.17, 15) is 18.0 Å². The molecule has 1 N–H and O–H groups in total. The Kier molecular flexibility index (Phi) is 11.0. The van der Waals surface area contributed by atoms with Crippen molar-refractivity contribution in [2.24, 2.45) is 5.92 Å². The first kappa shape index (κ1) is 31.5. The molecule has 0 aliphatic heterocycles. The number of hydrogen-bond acceptors (Lipinski definition) is 4. The van der Waals surface area contributed by atoms with E-state index in [4.69, 9.17) is 23.2 Å². The SMILES string of the molecule is CC[C@H](C(=O)NCC(C)C)N(Cc1ccccc1C)C(=O)CN(c1cccc(Cl)c1Cl)S(=O)(=O)c1ccccc1. The van der Waals surface area contributed by atoms with Gasteiger partial charge in [0.2, 0.25) is 11.8 Å². The van der Waals surface area contributed by atoms with E-state index in [1.54, 1.807) is 30.3 Å². The molecular weight excluding hydrogens is 569 g/mol. The Morgan fingerprint density at radius 1 is 0.925 bits per heavy atom. The molecule has 3 aromatic rings. The molecule has 0 radical (unpaired) electrons. The summed E-state index contributed by atoms with van der Waals surface area (Å²) in [6.07, 6.45) is 0.338. The fourth-order valence-electron chi connectivity index (χ4n) is 4.23. The quantitative estimate of drug-likeness (QED) is 0.272. The molecule has 40 heavy (non-hydrogen) atoms. The molecule has 10 heteroatoms. The van der Waals surface area contributed by atoms with Crippen molar-refractivity contribution in [2.45, 2.75) is 51.6 Å². The van der Waals surface area contributed by atoms with Crippen molar-refractivity contribution in [1.29, 1.82) is 0 Å². The number of amides is 2. The van der Waals surface area contributed by atoms with Crippen molar-refractivity contribution in [3.63, 3.8) is 0 Å². The first-order valence-corrected chi connectivity index (χ1v) is 15.3. The van der Waals surface area contributed by atoms with Crippen LogP contribution in [-0.2, 0) is 26.2 Å². The highest BCUT2D eigenvalue weighted by atomic mass is 35.5. The number of hydrogen-bond donors (Lipinski definition) is 1. The van der Waals surface area contributed by atoms with E-state index in [0.717, 1.165) is 15.4 Å². The lowest BCUT2D eigenvalue weighted by molar-refractivity contribution is -0.140. The Balaban J connectivity index is 2.09. The Morgan fingerprint density at radius 2 is 1.57 bits per heavy atom. The van der Waals surface area contributed by atoms with Crippen LogP contribution in [0.4, 0.5) is 5.69 Å². The highest BCUT2D eigenvalue weighted by Gasteiger charge is 2.34. The fourth-order valence-corrected chi connectivity index (χ4v) is 6.13. The van der Waals surface area contributed by atoms with Gasteiger partial charge in [-0.2, -0.15) is 0 Å². The number of carbonyl (C=O) groups is 2. The second-order valence-electron chi connectivity index (χ2n) is 9.91. The Hall–Kier alpha value is -3.07. The number of nitrogens with zero attached hydrogens (tertiary/aromatic N) is 2. The monoisotopic (exact) mass is 603 g/mol. The summed E-state index contributed by atoms with van der Waals surface area (Å²) < 4.78 is 28.7. The van der Waals surface area contributed by atoms with E-state index in [1.807, 2.05) is 52.0 Å². The van der Waals surface area contributed by atoms with Crippen molar-refractivity contribution in [3.8, 4) is 0 Å². The topological polar surface area (TPSA) is 86.8 Å². The van der Waals surface area contributed by atoms with E-state index in [1.165, 1.54) is 23.1 Å². The van der Waals surface area contributed by atoms with Gasteiger partial charge in [-0.1, -0.05) is 92.5 Å². The third kappa shape index (κ3) is 7.56. The van der Waals surface area contributed by atoms with Gasteiger partial charge in [0.15, 0.2) is 0 Å². The molecule has 2 amide bonds. The van der Waals surface area contributed by atoms with Crippen LogP contribution in [0.25, 0.3) is 0 Å². The summed E-state index contributed by atoms with van der Waals surface area (Å²) in [6.45, 7) is 7.71. The van der Waals surface area contributed by atoms with Crippen LogP contribution in [0.5, 0.6) is 0 Å². The minimum Gasteiger partial charge on any atom is -0.354 e. The average Bonchev–Trinajstić information content (AvgIpc) is 2.93. The van der Waals surface area contributed by atoms with Crippen LogP contribution in [0.1, 0.15) is 38.3 Å². The molecule has 0 spiro atoms. The van der Waals surface area contributed by atoms with Crippen molar-refractivity contribution in [1.82, 2.24) is 10.2 Å². The van der Waals surface area contributed by atoms with Gasteiger partial charge in [-0.15, -0.1) is 0 Å². The third-order valence-corrected chi connectivity index (χ3v) is 9.07. The summed E-state index contributed by atoms with van der Waals surface area (Å²) in [5.74, 6) is -0.625. The van der Waals surface area contributed by atoms with Crippen molar-refractivity contribution in [2.75, 3.05) is 17.4 Å². The number of sulfonamides is 1. The van der Waals surface area contributed by atoms with Gasteiger partial charge in [-0.3, -0.25) is 13.9 Å². The second-order valence-corrected chi connectivity index (χ2v) is 12.6. The zero-order valence-corrected chi connectivity index (χ0v) is 25.4. The van der Waals surface area contributed by atoms with Crippen LogP contribution in [0.2, 0.25) is 10.0 Å². The number of anilines is 1. The fraction of sp³-hybridized carbons (Fsp3) is 0.333. The van der Waals surface area contributed by atoms with Gasteiger partial charge < -0.3 is 10.2 Å². The van der Waals surface area contributed by atoms with Crippen LogP contribution < -0.4 is 9.62 Å². The van der Waals surface area contributed by atoms with Gasteiger partial charge in [0, 0.05) is 13.1 Å². The third-order valence-electron chi connectivity index (χ3n) is 6.48.